The Morgan fingerprint density at radius 3 is 2.14 bits per heavy atom. The summed E-state index contributed by atoms with van der Waals surface area (Å²) in [7, 11) is 0. The fraction of sp³-hybridized carbons (Fsp3) is 0.480. The number of ether oxygens (including phenoxy) is 3. The number of carbonyl (C=O) groups excluding carboxylic acids is 1. The molecule has 4 nitrogen and oxygen atoms in total. The first-order chi connectivity index (χ1) is 14.2. The minimum atomic E-state index is -0.598. The maximum atomic E-state index is 13.1. The van der Waals surface area contributed by atoms with Crippen molar-refractivity contribution in [1.82, 2.24) is 0 Å². The molecule has 1 fully saturated rings. The molecule has 0 unspecified atom stereocenters. The first-order valence-electron chi connectivity index (χ1n) is 10.7. The van der Waals surface area contributed by atoms with Gasteiger partial charge in [0.05, 0.1) is 25.9 Å². The van der Waals surface area contributed by atoms with Crippen LogP contribution in [-0.2, 0) is 32.2 Å². The molecule has 0 aromatic heterocycles. The van der Waals surface area contributed by atoms with Crippen LogP contribution in [0.25, 0.3) is 0 Å². The van der Waals surface area contributed by atoms with Crippen LogP contribution in [0.3, 0.4) is 0 Å². The van der Waals surface area contributed by atoms with Crippen LogP contribution in [0.2, 0.25) is 0 Å². The van der Waals surface area contributed by atoms with Gasteiger partial charge in [0.2, 0.25) is 0 Å². The van der Waals surface area contributed by atoms with Crippen molar-refractivity contribution in [3.05, 3.63) is 71.8 Å². The van der Waals surface area contributed by atoms with Crippen molar-refractivity contribution >= 4 is 5.78 Å². The number of ketones is 1. The zero-order valence-corrected chi connectivity index (χ0v) is 17.5. The van der Waals surface area contributed by atoms with Crippen molar-refractivity contribution in [2.45, 2.75) is 64.6 Å². The van der Waals surface area contributed by atoms with E-state index in [-0.39, 0.29) is 23.9 Å². The maximum Gasteiger partial charge on any atom is 0.169 e. The van der Waals surface area contributed by atoms with Crippen LogP contribution in [0.1, 0.15) is 44.2 Å². The summed E-state index contributed by atoms with van der Waals surface area (Å²) in [6.07, 6.45) is 1.99. The van der Waals surface area contributed by atoms with E-state index in [4.69, 9.17) is 14.2 Å². The molecule has 0 bridgehead atoms. The van der Waals surface area contributed by atoms with Crippen LogP contribution in [0.15, 0.2) is 60.7 Å². The van der Waals surface area contributed by atoms with Gasteiger partial charge in [-0.15, -0.1) is 0 Å². The lowest BCUT2D eigenvalue weighted by molar-refractivity contribution is -0.190. The third kappa shape index (κ3) is 6.23. The summed E-state index contributed by atoms with van der Waals surface area (Å²) in [6, 6.07) is 20.0. The molecule has 156 valence electrons. The second kappa shape index (κ2) is 11.2. The highest BCUT2D eigenvalue weighted by Crippen LogP contribution is 2.28. The van der Waals surface area contributed by atoms with Crippen LogP contribution in [0.5, 0.6) is 0 Å². The first-order valence-corrected chi connectivity index (χ1v) is 10.7. The fourth-order valence-corrected chi connectivity index (χ4v) is 3.71. The second-order valence-corrected chi connectivity index (χ2v) is 7.76. The largest absolute Gasteiger partial charge is 0.374 e. The van der Waals surface area contributed by atoms with E-state index in [0.29, 0.717) is 19.8 Å². The summed E-state index contributed by atoms with van der Waals surface area (Å²) in [5.41, 5.74) is 2.15. The number of Topliss-reactive ketones (excluding diaryl/α,β-unsaturated/α-hetero) is 1. The van der Waals surface area contributed by atoms with Crippen molar-refractivity contribution in [2.75, 3.05) is 6.61 Å². The molecular formula is C25H32O4. The van der Waals surface area contributed by atoms with Gasteiger partial charge < -0.3 is 14.2 Å². The molecule has 2 aromatic carbocycles. The van der Waals surface area contributed by atoms with Crippen LogP contribution in [0, 0.1) is 5.92 Å². The van der Waals surface area contributed by atoms with Gasteiger partial charge in [0.1, 0.15) is 12.2 Å². The highest BCUT2D eigenvalue weighted by Gasteiger charge is 2.43. The molecule has 3 rings (SSSR count). The van der Waals surface area contributed by atoms with E-state index in [2.05, 4.69) is 6.92 Å². The molecular weight excluding hydrogens is 364 g/mol. The average Bonchev–Trinajstić information content (AvgIpc) is 2.76. The van der Waals surface area contributed by atoms with E-state index >= 15 is 0 Å². The standard InChI is InChI=1S/C25H32O4/c1-3-4-15-22-19(2)24(26)25(28-17-21-13-9-6-10-14-21)23(29-22)18-27-16-20-11-7-5-8-12-20/h5-14,19,22-23,25H,3-4,15-18H2,1-2H3/t19-,22-,23-,25+/m1/s1. The second-order valence-electron chi connectivity index (χ2n) is 7.76. The van der Waals surface area contributed by atoms with E-state index in [1.807, 2.05) is 67.6 Å². The highest BCUT2D eigenvalue weighted by atomic mass is 16.6. The molecule has 1 saturated heterocycles. The topological polar surface area (TPSA) is 44.8 Å². The van der Waals surface area contributed by atoms with Gasteiger partial charge >= 0.3 is 0 Å². The predicted octanol–water partition coefficient (Wildman–Crippen LogP) is 4.95. The lowest BCUT2D eigenvalue weighted by Crippen LogP contribution is -2.53. The van der Waals surface area contributed by atoms with Crippen LogP contribution in [-0.4, -0.2) is 30.7 Å². The molecule has 0 spiro atoms. The van der Waals surface area contributed by atoms with E-state index in [1.165, 1.54) is 0 Å². The zero-order valence-electron chi connectivity index (χ0n) is 17.5. The SMILES string of the molecule is CCCC[C@H]1O[C@H](COCc2ccccc2)[C@H](OCc2ccccc2)C(=O)[C@@H]1C. The van der Waals surface area contributed by atoms with Crippen molar-refractivity contribution in [1.29, 1.82) is 0 Å². The quantitative estimate of drug-likeness (QED) is 0.570. The molecule has 0 N–H and O–H groups in total. The molecule has 0 aliphatic carbocycles. The molecule has 29 heavy (non-hydrogen) atoms. The lowest BCUT2D eigenvalue weighted by Gasteiger charge is -2.39. The Balaban J connectivity index is 1.64. The molecule has 2 aromatic rings. The zero-order chi connectivity index (χ0) is 20.5. The van der Waals surface area contributed by atoms with Crippen molar-refractivity contribution in [3.63, 3.8) is 0 Å². The summed E-state index contributed by atoms with van der Waals surface area (Å²) in [4.78, 5) is 13.1. The number of unbranched alkanes of at least 4 members (excludes halogenated alkanes) is 1. The summed E-state index contributed by atoms with van der Waals surface area (Å²) >= 11 is 0. The van der Waals surface area contributed by atoms with E-state index < -0.39 is 6.10 Å². The molecule has 1 aliphatic rings. The summed E-state index contributed by atoms with van der Waals surface area (Å²) < 4.78 is 18.3. The minimum absolute atomic E-state index is 0.0654. The number of hydrogen-bond donors (Lipinski definition) is 0. The van der Waals surface area contributed by atoms with Crippen LogP contribution >= 0.6 is 0 Å². The Morgan fingerprint density at radius 2 is 1.52 bits per heavy atom. The Kier molecular flexibility index (Phi) is 8.41. The van der Waals surface area contributed by atoms with Gasteiger partial charge in [-0.3, -0.25) is 4.79 Å². The minimum Gasteiger partial charge on any atom is -0.374 e. The van der Waals surface area contributed by atoms with Crippen molar-refractivity contribution in [2.24, 2.45) is 5.92 Å². The van der Waals surface area contributed by atoms with Gasteiger partial charge in [0.25, 0.3) is 0 Å². The maximum absolute atomic E-state index is 13.1. The van der Waals surface area contributed by atoms with Gasteiger partial charge in [-0.1, -0.05) is 87.4 Å². The predicted molar refractivity (Wildman–Crippen MR) is 113 cm³/mol. The summed E-state index contributed by atoms with van der Waals surface area (Å²) in [5, 5.41) is 0. The molecule has 4 atom stereocenters. The summed E-state index contributed by atoms with van der Waals surface area (Å²) in [5.74, 6) is -0.0331. The van der Waals surface area contributed by atoms with Gasteiger partial charge in [0, 0.05) is 5.92 Å². The first kappa shape index (κ1) is 21.7. The van der Waals surface area contributed by atoms with Gasteiger partial charge in [-0.25, -0.2) is 0 Å². The number of carbonyl (C=O) groups is 1. The smallest absolute Gasteiger partial charge is 0.169 e. The molecule has 4 heteroatoms. The normalized spacial score (nSPS) is 24.6. The third-order valence-electron chi connectivity index (χ3n) is 5.48. The number of benzene rings is 2. The Bertz CT molecular complexity index is 731. The van der Waals surface area contributed by atoms with E-state index in [9.17, 15) is 4.79 Å². The third-order valence-corrected chi connectivity index (χ3v) is 5.48. The molecule has 0 amide bonds. The highest BCUT2D eigenvalue weighted by molar-refractivity contribution is 5.87. The van der Waals surface area contributed by atoms with Crippen molar-refractivity contribution in [3.8, 4) is 0 Å². The monoisotopic (exact) mass is 396 g/mol. The average molecular weight is 397 g/mol. The Hall–Kier alpha value is -2.01. The Labute approximate surface area is 174 Å². The molecule has 0 radical (unpaired) electrons. The molecule has 1 heterocycles. The Morgan fingerprint density at radius 1 is 0.897 bits per heavy atom. The number of rotatable bonds is 10. The lowest BCUT2D eigenvalue weighted by atomic mass is 9.87. The molecule has 1 aliphatic heterocycles. The van der Waals surface area contributed by atoms with E-state index in [1.54, 1.807) is 0 Å². The summed E-state index contributed by atoms with van der Waals surface area (Å²) in [6.45, 7) is 5.34. The van der Waals surface area contributed by atoms with E-state index in [0.717, 1.165) is 30.4 Å². The van der Waals surface area contributed by atoms with Gasteiger partial charge in [0.15, 0.2) is 5.78 Å². The number of hydrogen-bond acceptors (Lipinski definition) is 4. The van der Waals surface area contributed by atoms with Crippen molar-refractivity contribution < 1.29 is 19.0 Å². The van der Waals surface area contributed by atoms with Gasteiger partial charge in [-0.2, -0.15) is 0 Å². The van der Waals surface area contributed by atoms with Gasteiger partial charge in [-0.05, 0) is 17.5 Å². The van der Waals surface area contributed by atoms with Crippen LogP contribution < -0.4 is 0 Å². The molecule has 0 saturated carbocycles. The fourth-order valence-electron chi connectivity index (χ4n) is 3.71. The van der Waals surface area contributed by atoms with Crippen LogP contribution in [0.4, 0.5) is 0 Å².